The van der Waals surface area contributed by atoms with Gasteiger partial charge >= 0.3 is 6.09 Å². The number of pyridine rings is 1. The van der Waals surface area contributed by atoms with E-state index in [9.17, 15) is 4.79 Å². The molecule has 2 heterocycles. The number of halogens is 1. The Balaban J connectivity index is 1.43. The molecule has 0 atom stereocenters. The normalized spacial score (nSPS) is 15.4. The quantitative estimate of drug-likeness (QED) is 0.463. The Morgan fingerprint density at radius 1 is 1.03 bits per heavy atom. The van der Waals surface area contributed by atoms with Crippen LogP contribution in [-0.2, 0) is 4.74 Å². The molecule has 0 unspecified atom stereocenters. The van der Waals surface area contributed by atoms with Gasteiger partial charge in [0.15, 0.2) is 0 Å². The molecule has 0 spiro atoms. The molecule has 1 saturated heterocycles. The molecule has 0 saturated carbocycles. The lowest BCUT2D eigenvalue weighted by Crippen LogP contribution is -2.41. The van der Waals surface area contributed by atoms with Crippen molar-refractivity contribution in [2.24, 2.45) is 0 Å². The van der Waals surface area contributed by atoms with Crippen LogP contribution >= 0.6 is 11.6 Å². The fraction of sp³-hybridized carbons (Fsp3) is 0.360. The zero-order valence-corrected chi connectivity index (χ0v) is 18.4. The van der Waals surface area contributed by atoms with Crippen molar-refractivity contribution in [1.82, 2.24) is 9.88 Å². The number of carbonyl (C=O) groups is 1. The number of aromatic nitrogens is 1. The van der Waals surface area contributed by atoms with Crippen molar-refractivity contribution >= 4 is 28.6 Å². The lowest BCUT2D eigenvalue weighted by Gasteiger charge is -2.33. The van der Waals surface area contributed by atoms with Gasteiger partial charge in [0.25, 0.3) is 0 Å². The van der Waals surface area contributed by atoms with Crippen LogP contribution in [0.4, 0.5) is 4.79 Å². The number of carbonyl (C=O) groups excluding carboxylic acids is 1. The minimum absolute atomic E-state index is 0.207. The average molecular weight is 423 g/mol. The van der Waals surface area contributed by atoms with Crippen molar-refractivity contribution in [3.8, 4) is 11.1 Å². The van der Waals surface area contributed by atoms with Crippen LogP contribution in [0.1, 0.15) is 45.1 Å². The van der Waals surface area contributed by atoms with E-state index in [4.69, 9.17) is 16.3 Å². The molecule has 156 valence electrons. The maximum absolute atomic E-state index is 12.3. The predicted molar refractivity (Wildman–Crippen MR) is 122 cm³/mol. The molecule has 30 heavy (non-hydrogen) atoms. The summed E-state index contributed by atoms with van der Waals surface area (Å²) < 4.78 is 5.49. The summed E-state index contributed by atoms with van der Waals surface area (Å²) >= 11 is 6.25. The van der Waals surface area contributed by atoms with Gasteiger partial charge in [-0.05, 0) is 68.4 Å². The summed E-state index contributed by atoms with van der Waals surface area (Å²) in [6.45, 7) is 7.18. The number of hydrogen-bond acceptors (Lipinski definition) is 3. The van der Waals surface area contributed by atoms with Crippen molar-refractivity contribution in [3.05, 3.63) is 65.3 Å². The first-order valence-corrected chi connectivity index (χ1v) is 10.8. The van der Waals surface area contributed by atoms with E-state index in [2.05, 4.69) is 41.4 Å². The molecule has 1 aliphatic heterocycles. The smallest absolute Gasteiger partial charge is 0.410 e. The molecule has 1 aliphatic rings. The van der Waals surface area contributed by atoms with Crippen LogP contribution in [0.25, 0.3) is 22.0 Å². The zero-order chi connectivity index (χ0) is 21.3. The van der Waals surface area contributed by atoms with E-state index in [-0.39, 0.29) is 6.09 Å². The summed E-state index contributed by atoms with van der Waals surface area (Å²) in [6.07, 6.45) is 3.44. The molecule has 1 aromatic heterocycles. The third kappa shape index (κ3) is 4.59. The van der Waals surface area contributed by atoms with Gasteiger partial charge in [-0.25, -0.2) is 4.79 Å². The monoisotopic (exact) mass is 422 g/mol. The third-order valence-electron chi connectivity index (χ3n) is 5.55. The van der Waals surface area contributed by atoms with Crippen LogP contribution in [-0.4, -0.2) is 34.7 Å². The van der Waals surface area contributed by atoms with E-state index in [1.54, 1.807) is 6.20 Å². The number of fused-ring (bicyclic) bond motifs is 1. The molecular formula is C25H27ClN2O2. The highest BCUT2D eigenvalue weighted by atomic mass is 35.5. The Morgan fingerprint density at radius 3 is 2.37 bits per heavy atom. The van der Waals surface area contributed by atoms with Gasteiger partial charge in [0.1, 0.15) is 5.60 Å². The van der Waals surface area contributed by atoms with Gasteiger partial charge in [0.2, 0.25) is 0 Å². The number of nitrogens with zero attached hydrogens (tertiary/aromatic N) is 2. The average Bonchev–Trinajstić information content (AvgIpc) is 2.73. The highest BCUT2D eigenvalue weighted by Crippen LogP contribution is 2.32. The summed E-state index contributed by atoms with van der Waals surface area (Å²) in [5.74, 6) is 0.467. The van der Waals surface area contributed by atoms with Crippen LogP contribution < -0.4 is 0 Å². The lowest BCUT2D eigenvalue weighted by molar-refractivity contribution is 0.0205. The molecule has 0 radical (unpaired) electrons. The first kappa shape index (κ1) is 20.7. The summed E-state index contributed by atoms with van der Waals surface area (Å²) in [7, 11) is 0. The number of likely N-dealkylation sites (tertiary alicyclic amines) is 1. The minimum atomic E-state index is -0.451. The van der Waals surface area contributed by atoms with E-state index in [1.807, 2.05) is 37.8 Å². The third-order valence-corrected chi connectivity index (χ3v) is 5.88. The second-order valence-corrected chi connectivity index (χ2v) is 9.30. The molecule has 4 rings (SSSR count). The van der Waals surface area contributed by atoms with Crippen molar-refractivity contribution in [3.63, 3.8) is 0 Å². The Hall–Kier alpha value is -2.59. The Bertz CT molecular complexity index is 1050. The van der Waals surface area contributed by atoms with Gasteiger partial charge in [-0.15, -0.1) is 0 Å². The summed E-state index contributed by atoms with van der Waals surface area (Å²) in [6, 6.07) is 16.8. The first-order chi connectivity index (χ1) is 14.3. The Labute approximate surface area is 182 Å². The van der Waals surface area contributed by atoms with Crippen molar-refractivity contribution in [1.29, 1.82) is 0 Å². The first-order valence-electron chi connectivity index (χ1n) is 10.4. The van der Waals surface area contributed by atoms with Gasteiger partial charge in [-0.1, -0.05) is 48.0 Å². The molecule has 5 heteroatoms. The number of ether oxygens (including phenoxy) is 1. The van der Waals surface area contributed by atoms with Gasteiger partial charge in [0, 0.05) is 24.7 Å². The Kier molecular flexibility index (Phi) is 5.70. The number of hydrogen-bond donors (Lipinski definition) is 0. The summed E-state index contributed by atoms with van der Waals surface area (Å²) in [4.78, 5) is 18.5. The highest BCUT2D eigenvalue weighted by molar-refractivity contribution is 6.35. The maximum atomic E-state index is 12.3. The minimum Gasteiger partial charge on any atom is -0.444 e. The van der Waals surface area contributed by atoms with Crippen LogP contribution in [0.3, 0.4) is 0 Å². The molecule has 4 nitrogen and oxygen atoms in total. The van der Waals surface area contributed by atoms with Gasteiger partial charge < -0.3 is 9.64 Å². The van der Waals surface area contributed by atoms with Gasteiger partial charge in [-0.2, -0.15) is 0 Å². The largest absolute Gasteiger partial charge is 0.444 e. The van der Waals surface area contributed by atoms with E-state index in [0.717, 1.165) is 53.0 Å². The molecule has 3 aromatic rings. The van der Waals surface area contributed by atoms with Gasteiger partial charge in [-0.3, -0.25) is 4.98 Å². The standard InChI is InChI=1S/C25H27ClN2O2/c1-25(2,3)30-24(29)28-14-11-19(12-15-28)17-4-6-18(7-5-17)20-8-9-21-22(26)10-13-27-23(21)16-20/h4-10,13,16,19H,11-12,14-15H2,1-3H3. The Morgan fingerprint density at radius 2 is 1.70 bits per heavy atom. The second kappa shape index (κ2) is 8.27. The van der Waals surface area contributed by atoms with Gasteiger partial charge in [0.05, 0.1) is 10.5 Å². The van der Waals surface area contributed by atoms with Crippen LogP contribution in [0, 0.1) is 0 Å². The molecular weight excluding hydrogens is 396 g/mol. The molecule has 0 N–H and O–H groups in total. The van der Waals surface area contributed by atoms with Crippen molar-refractivity contribution in [2.45, 2.75) is 45.1 Å². The summed E-state index contributed by atoms with van der Waals surface area (Å²) in [5.41, 5.74) is 4.06. The summed E-state index contributed by atoms with van der Waals surface area (Å²) in [5, 5.41) is 1.69. The van der Waals surface area contributed by atoms with Crippen LogP contribution in [0.5, 0.6) is 0 Å². The van der Waals surface area contributed by atoms with Crippen molar-refractivity contribution in [2.75, 3.05) is 13.1 Å². The number of benzene rings is 2. The molecule has 2 aromatic carbocycles. The van der Waals surface area contributed by atoms with Crippen molar-refractivity contribution < 1.29 is 9.53 Å². The molecule has 0 bridgehead atoms. The van der Waals surface area contributed by atoms with Crippen LogP contribution in [0.2, 0.25) is 5.02 Å². The SMILES string of the molecule is CC(C)(C)OC(=O)N1CCC(c2ccc(-c3ccc4c(Cl)ccnc4c3)cc2)CC1. The molecule has 0 aliphatic carbocycles. The number of piperidine rings is 1. The topological polar surface area (TPSA) is 42.4 Å². The van der Waals surface area contributed by atoms with E-state index < -0.39 is 5.60 Å². The number of rotatable bonds is 2. The maximum Gasteiger partial charge on any atom is 0.410 e. The fourth-order valence-corrected chi connectivity index (χ4v) is 4.18. The van der Waals surface area contributed by atoms with E-state index in [0.29, 0.717) is 5.92 Å². The molecule has 1 amide bonds. The number of amides is 1. The predicted octanol–water partition coefficient (Wildman–Crippen LogP) is 6.67. The second-order valence-electron chi connectivity index (χ2n) is 8.89. The highest BCUT2D eigenvalue weighted by Gasteiger charge is 2.27. The zero-order valence-electron chi connectivity index (χ0n) is 17.7. The van der Waals surface area contributed by atoms with Crippen LogP contribution in [0.15, 0.2) is 54.7 Å². The van der Waals surface area contributed by atoms with E-state index >= 15 is 0 Å². The lowest BCUT2D eigenvalue weighted by atomic mass is 9.88. The van der Waals surface area contributed by atoms with E-state index in [1.165, 1.54) is 5.56 Å². The fourth-order valence-electron chi connectivity index (χ4n) is 3.96. The molecule has 1 fully saturated rings.